The van der Waals surface area contributed by atoms with Crippen LogP contribution >= 0.6 is 23.6 Å². The molecule has 9 nitrogen and oxygen atoms in total. The number of amides is 2. The zero-order valence-corrected chi connectivity index (χ0v) is 17.0. The van der Waals surface area contributed by atoms with Gasteiger partial charge in [0, 0.05) is 5.56 Å². The number of nitrogens with zero attached hydrogens (tertiary/aromatic N) is 3. The third-order valence-electron chi connectivity index (χ3n) is 3.99. The van der Waals surface area contributed by atoms with Crippen molar-refractivity contribution in [2.75, 3.05) is 24.6 Å². The second-order valence-corrected chi connectivity index (χ2v) is 7.83. The van der Waals surface area contributed by atoms with Gasteiger partial charge in [-0.15, -0.1) is 10.2 Å². The number of carbonyl (C=O) groups excluding carboxylic acids is 2. The second kappa shape index (κ2) is 9.20. The lowest BCUT2D eigenvalue weighted by Crippen LogP contribution is -2.32. The zero-order chi connectivity index (χ0) is 21.0. The van der Waals surface area contributed by atoms with E-state index >= 15 is 0 Å². The lowest BCUT2D eigenvalue weighted by molar-refractivity contribution is -0.123. The summed E-state index contributed by atoms with van der Waals surface area (Å²) in [4.78, 5) is 25.1. The number of aromatic nitrogens is 2. The quantitative estimate of drug-likeness (QED) is 0.552. The Morgan fingerprint density at radius 2 is 2.24 bits per heavy atom. The minimum Gasteiger partial charge on any atom is -0.442 e. The SMILES string of the molecule is CC(=S)NC[C@@H]1CN(c2ccc(-c3nnc(CNC(=O)CO)s3)c(F)c2)C(=O)O1. The first-order valence-electron chi connectivity index (χ1n) is 8.60. The van der Waals surface area contributed by atoms with Crippen LogP contribution in [0, 0.1) is 5.82 Å². The van der Waals surface area contributed by atoms with Crippen LogP contribution in [-0.2, 0) is 16.1 Å². The third kappa shape index (κ3) is 5.22. The first-order valence-corrected chi connectivity index (χ1v) is 9.82. The van der Waals surface area contributed by atoms with Gasteiger partial charge in [-0.1, -0.05) is 23.6 Å². The molecular formula is C17H18FN5O4S2. The average molecular weight is 439 g/mol. The molecule has 2 amide bonds. The number of carbonyl (C=O) groups is 2. The van der Waals surface area contributed by atoms with E-state index in [0.717, 1.165) is 11.3 Å². The molecule has 1 aromatic heterocycles. The molecule has 2 heterocycles. The van der Waals surface area contributed by atoms with Crippen LogP contribution in [0.1, 0.15) is 11.9 Å². The minimum absolute atomic E-state index is 0.0903. The molecule has 1 fully saturated rings. The summed E-state index contributed by atoms with van der Waals surface area (Å²) in [5.74, 6) is -1.10. The van der Waals surface area contributed by atoms with Gasteiger partial charge in [0.15, 0.2) is 5.01 Å². The fraction of sp³-hybridized carbons (Fsp3) is 0.353. The van der Waals surface area contributed by atoms with Crippen molar-refractivity contribution in [3.05, 3.63) is 29.0 Å². The van der Waals surface area contributed by atoms with E-state index in [0.29, 0.717) is 27.2 Å². The number of anilines is 1. The molecular weight excluding hydrogens is 421 g/mol. The molecule has 154 valence electrons. The summed E-state index contributed by atoms with van der Waals surface area (Å²) in [6, 6.07) is 4.36. The summed E-state index contributed by atoms with van der Waals surface area (Å²) in [5, 5.41) is 22.7. The van der Waals surface area contributed by atoms with Crippen LogP contribution in [0.15, 0.2) is 18.2 Å². The summed E-state index contributed by atoms with van der Waals surface area (Å²) in [7, 11) is 0. The van der Waals surface area contributed by atoms with Gasteiger partial charge in [-0.25, -0.2) is 9.18 Å². The number of halogens is 1. The molecule has 2 aromatic rings. The largest absolute Gasteiger partial charge is 0.442 e. The fourth-order valence-corrected chi connectivity index (χ4v) is 3.50. The molecule has 1 atom stereocenters. The number of hydrogen-bond acceptors (Lipinski definition) is 8. The number of aliphatic hydroxyl groups is 1. The zero-order valence-electron chi connectivity index (χ0n) is 15.3. The smallest absolute Gasteiger partial charge is 0.414 e. The van der Waals surface area contributed by atoms with Gasteiger partial charge in [-0.2, -0.15) is 0 Å². The van der Waals surface area contributed by atoms with Gasteiger partial charge in [-0.05, 0) is 25.1 Å². The van der Waals surface area contributed by atoms with Crippen LogP contribution in [0.5, 0.6) is 0 Å². The molecule has 1 aliphatic rings. The monoisotopic (exact) mass is 439 g/mol. The van der Waals surface area contributed by atoms with E-state index in [1.807, 2.05) is 0 Å². The Kier molecular flexibility index (Phi) is 6.67. The normalized spacial score (nSPS) is 15.9. The standard InChI is InChI=1S/C17H18FN5O4S2/c1-9(28)19-5-11-7-23(17(26)27-11)10-2-3-12(13(18)4-10)16-22-21-15(29-16)6-20-14(25)8-24/h2-4,11,24H,5-8H2,1H3,(H,19,28)(H,20,25)/t11-/m1/s1. The van der Waals surface area contributed by atoms with Crippen LogP contribution in [0.2, 0.25) is 0 Å². The first-order chi connectivity index (χ1) is 13.9. The number of cyclic esters (lactones) is 1. The average Bonchev–Trinajstić information content (AvgIpc) is 3.30. The van der Waals surface area contributed by atoms with E-state index in [-0.39, 0.29) is 24.8 Å². The number of ether oxygens (including phenoxy) is 1. The fourth-order valence-electron chi connectivity index (χ4n) is 2.61. The molecule has 0 saturated carbocycles. The van der Waals surface area contributed by atoms with Gasteiger partial charge in [-0.3, -0.25) is 9.69 Å². The summed E-state index contributed by atoms with van der Waals surface area (Å²) in [6.07, 6.45) is -0.938. The molecule has 0 bridgehead atoms. The van der Waals surface area contributed by atoms with Gasteiger partial charge in [0.25, 0.3) is 0 Å². The lowest BCUT2D eigenvalue weighted by atomic mass is 10.2. The van der Waals surface area contributed by atoms with Crippen molar-refractivity contribution in [1.29, 1.82) is 0 Å². The van der Waals surface area contributed by atoms with Crippen molar-refractivity contribution in [2.45, 2.75) is 19.6 Å². The van der Waals surface area contributed by atoms with Gasteiger partial charge in [0.2, 0.25) is 5.91 Å². The van der Waals surface area contributed by atoms with Crippen molar-refractivity contribution >= 4 is 46.2 Å². The Bertz CT molecular complexity index is 938. The van der Waals surface area contributed by atoms with E-state index in [1.54, 1.807) is 13.0 Å². The Balaban J connectivity index is 1.69. The molecule has 3 N–H and O–H groups in total. The Hall–Kier alpha value is -2.70. The highest BCUT2D eigenvalue weighted by Crippen LogP contribution is 2.30. The first kappa shape index (κ1) is 21.0. The van der Waals surface area contributed by atoms with Gasteiger partial charge in [0.1, 0.15) is 23.5 Å². The van der Waals surface area contributed by atoms with E-state index in [4.69, 9.17) is 22.1 Å². The maximum atomic E-state index is 14.7. The molecule has 12 heteroatoms. The molecule has 3 rings (SSSR count). The van der Waals surface area contributed by atoms with Crippen LogP contribution in [-0.4, -0.2) is 58.1 Å². The maximum Gasteiger partial charge on any atom is 0.414 e. The van der Waals surface area contributed by atoms with Crippen LogP contribution < -0.4 is 15.5 Å². The van der Waals surface area contributed by atoms with E-state index in [2.05, 4.69) is 20.8 Å². The number of benzene rings is 1. The Morgan fingerprint density at radius 1 is 1.45 bits per heavy atom. The van der Waals surface area contributed by atoms with Gasteiger partial charge in [0.05, 0.1) is 30.3 Å². The van der Waals surface area contributed by atoms with E-state index in [9.17, 15) is 14.0 Å². The van der Waals surface area contributed by atoms with Crippen molar-refractivity contribution < 1.29 is 23.8 Å². The predicted molar refractivity (Wildman–Crippen MR) is 108 cm³/mol. The molecule has 0 aliphatic carbocycles. The molecule has 1 aliphatic heterocycles. The summed E-state index contributed by atoms with van der Waals surface area (Å²) < 4.78 is 19.9. The topological polar surface area (TPSA) is 117 Å². The highest BCUT2D eigenvalue weighted by molar-refractivity contribution is 7.80. The van der Waals surface area contributed by atoms with Crippen LogP contribution in [0.3, 0.4) is 0 Å². The van der Waals surface area contributed by atoms with Crippen molar-refractivity contribution in [2.24, 2.45) is 0 Å². The van der Waals surface area contributed by atoms with E-state index < -0.39 is 24.4 Å². The summed E-state index contributed by atoms with van der Waals surface area (Å²) >= 11 is 6.06. The molecule has 0 unspecified atom stereocenters. The minimum atomic E-state index is -0.622. The van der Waals surface area contributed by atoms with Gasteiger partial charge >= 0.3 is 6.09 Å². The Labute approximate surface area is 174 Å². The highest BCUT2D eigenvalue weighted by Gasteiger charge is 2.32. The lowest BCUT2D eigenvalue weighted by Gasteiger charge is -2.14. The van der Waals surface area contributed by atoms with Gasteiger partial charge < -0.3 is 20.5 Å². The predicted octanol–water partition coefficient (Wildman–Crippen LogP) is 1.21. The molecule has 1 aromatic carbocycles. The number of hydrogen-bond donors (Lipinski definition) is 3. The summed E-state index contributed by atoms with van der Waals surface area (Å²) in [6.45, 7) is 1.87. The molecule has 1 saturated heterocycles. The number of thiocarbonyl (C=S) groups is 1. The van der Waals surface area contributed by atoms with Crippen molar-refractivity contribution in [1.82, 2.24) is 20.8 Å². The number of nitrogens with one attached hydrogen (secondary N) is 2. The maximum absolute atomic E-state index is 14.7. The van der Waals surface area contributed by atoms with Crippen molar-refractivity contribution in [3.8, 4) is 10.6 Å². The molecule has 0 radical (unpaired) electrons. The Morgan fingerprint density at radius 3 is 2.93 bits per heavy atom. The molecule has 29 heavy (non-hydrogen) atoms. The van der Waals surface area contributed by atoms with Crippen LogP contribution in [0.4, 0.5) is 14.9 Å². The van der Waals surface area contributed by atoms with Crippen LogP contribution in [0.25, 0.3) is 10.6 Å². The number of rotatable bonds is 7. The molecule has 0 spiro atoms. The summed E-state index contributed by atoms with van der Waals surface area (Å²) in [5.41, 5.74) is 0.603. The third-order valence-corrected chi connectivity index (χ3v) is 5.10. The highest BCUT2D eigenvalue weighted by atomic mass is 32.1. The van der Waals surface area contributed by atoms with E-state index in [1.165, 1.54) is 17.0 Å². The second-order valence-electron chi connectivity index (χ2n) is 6.15. The van der Waals surface area contributed by atoms with Crippen molar-refractivity contribution in [3.63, 3.8) is 0 Å². The number of aliphatic hydroxyl groups excluding tert-OH is 1.